The maximum absolute atomic E-state index is 9.38. The van der Waals surface area contributed by atoms with Gasteiger partial charge in [0.25, 0.3) is 0 Å². The predicted octanol–water partition coefficient (Wildman–Crippen LogP) is 2.57. The number of aliphatic hydroxyl groups excluding tert-OH is 1. The lowest BCUT2D eigenvalue weighted by Gasteiger charge is -2.12. The Kier molecular flexibility index (Phi) is 2.62. The molecule has 0 unspecified atom stereocenters. The molecule has 1 N–H and O–H groups in total. The Morgan fingerprint density at radius 1 is 1.47 bits per heavy atom. The maximum Gasteiger partial charge on any atom is 0.153 e. The quantitative estimate of drug-likeness (QED) is 0.846. The summed E-state index contributed by atoms with van der Waals surface area (Å²) in [5.74, 6) is 0.642. The lowest BCUT2D eigenvalue weighted by molar-refractivity contribution is 0.244. The Balaban J connectivity index is 2.36. The van der Waals surface area contributed by atoms with Crippen LogP contribution in [0.4, 0.5) is 0 Å². The van der Waals surface area contributed by atoms with Crippen molar-refractivity contribution in [3.8, 4) is 0 Å². The molecular weight excluding hydrogens is 238 g/mol. The predicted molar refractivity (Wildman–Crippen MR) is 67.2 cm³/mol. The van der Waals surface area contributed by atoms with E-state index in [0.29, 0.717) is 10.8 Å². The zero-order valence-corrected chi connectivity index (χ0v) is 10.4. The van der Waals surface area contributed by atoms with Crippen LogP contribution >= 0.6 is 11.6 Å². The highest BCUT2D eigenvalue weighted by atomic mass is 35.5. The standard InChI is InChI=1S/C13H14ClNO2/c1-15-5-4-8-2-3-10(14)13-12(8)9(6-15)11(7-16)17-13/h2-3,16H,4-7H2,1H3. The van der Waals surface area contributed by atoms with E-state index in [9.17, 15) is 5.11 Å². The van der Waals surface area contributed by atoms with E-state index in [0.717, 1.165) is 36.0 Å². The van der Waals surface area contributed by atoms with Crippen LogP contribution in [-0.4, -0.2) is 23.6 Å². The highest BCUT2D eigenvalue weighted by molar-refractivity contribution is 6.35. The Hall–Kier alpha value is -1.03. The van der Waals surface area contributed by atoms with E-state index in [1.807, 2.05) is 6.07 Å². The molecular formula is C13H14ClNO2. The molecule has 1 aromatic heterocycles. The fourth-order valence-corrected chi connectivity index (χ4v) is 2.71. The van der Waals surface area contributed by atoms with Gasteiger partial charge in [-0.1, -0.05) is 17.7 Å². The van der Waals surface area contributed by atoms with Crippen LogP contribution in [0.25, 0.3) is 11.0 Å². The average Bonchev–Trinajstić information content (AvgIpc) is 2.59. The van der Waals surface area contributed by atoms with E-state index in [4.69, 9.17) is 16.0 Å². The van der Waals surface area contributed by atoms with Gasteiger partial charge in [0, 0.05) is 24.0 Å². The van der Waals surface area contributed by atoms with Crippen LogP contribution in [0.1, 0.15) is 16.9 Å². The average molecular weight is 252 g/mol. The van der Waals surface area contributed by atoms with E-state index in [2.05, 4.69) is 18.0 Å². The highest BCUT2D eigenvalue weighted by Gasteiger charge is 2.22. The number of hydrogen-bond acceptors (Lipinski definition) is 3. The molecule has 0 fully saturated rings. The molecule has 4 heteroatoms. The summed E-state index contributed by atoms with van der Waals surface area (Å²) in [5, 5.41) is 11.1. The molecule has 2 heterocycles. The maximum atomic E-state index is 9.38. The van der Waals surface area contributed by atoms with E-state index in [1.165, 1.54) is 5.56 Å². The van der Waals surface area contributed by atoms with Gasteiger partial charge in [0.2, 0.25) is 0 Å². The lowest BCUT2D eigenvalue weighted by atomic mass is 10.0. The largest absolute Gasteiger partial charge is 0.457 e. The second kappa shape index (κ2) is 4.02. The molecule has 0 aliphatic carbocycles. The van der Waals surface area contributed by atoms with E-state index < -0.39 is 0 Å². The van der Waals surface area contributed by atoms with Crippen molar-refractivity contribution in [1.82, 2.24) is 4.90 Å². The van der Waals surface area contributed by atoms with Crippen LogP contribution in [0, 0.1) is 0 Å². The van der Waals surface area contributed by atoms with E-state index in [-0.39, 0.29) is 6.61 Å². The summed E-state index contributed by atoms with van der Waals surface area (Å²) in [5.41, 5.74) is 3.06. The summed E-state index contributed by atoms with van der Waals surface area (Å²) in [6.45, 7) is 1.74. The van der Waals surface area contributed by atoms with Gasteiger partial charge in [-0.25, -0.2) is 0 Å². The molecule has 0 amide bonds. The number of furan rings is 1. The molecule has 0 bridgehead atoms. The number of halogens is 1. The minimum absolute atomic E-state index is 0.0758. The summed E-state index contributed by atoms with van der Waals surface area (Å²) in [4.78, 5) is 2.23. The minimum Gasteiger partial charge on any atom is -0.457 e. The van der Waals surface area contributed by atoms with Crippen LogP contribution < -0.4 is 0 Å². The molecule has 0 saturated carbocycles. The Labute approximate surface area is 105 Å². The monoisotopic (exact) mass is 251 g/mol. The lowest BCUT2D eigenvalue weighted by Crippen LogP contribution is -2.19. The molecule has 3 rings (SSSR count). The van der Waals surface area contributed by atoms with Crippen LogP contribution in [0.5, 0.6) is 0 Å². The second-order valence-electron chi connectivity index (χ2n) is 4.56. The normalized spacial score (nSPS) is 16.4. The topological polar surface area (TPSA) is 36.6 Å². The molecule has 0 saturated heterocycles. The van der Waals surface area contributed by atoms with Crippen molar-refractivity contribution in [3.63, 3.8) is 0 Å². The molecule has 1 aliphatic heterocycles. The van der Waals surface area contributed by atoms with Crippen LogP contribution in [0.3, 0.4) is 0 Å². The first-order valence-corrected chi connectivity index (χ1v) is 6.09. The second-order valence-corrected chi connectivity index (χ2v) is 4.97. The van der Waals surface area contributed by atoms with Crippen molar-refractivity contribution >= 4 is 22.6 Å². The zero-order valence-electron chi connectivity index (χ0n) is 9.66. The highest BCUT2D eigenvalue weighted by Crippen LogP contribution is 2.36. The Bertz CT molecular complexity index is 576. The Morgan fingerprint density at radius 2 is 2.29 bits per heavy atom. The van der Waals surface area contributed by atoms with Crippen LogP contribution in [0.15, 0.2) is 16.5 Å². The molecule has 1 aromatic carbocycles. The molecule has 3 nitrogen and oxygen atoms in total. The summed E-state index contributed by atoms with van der Waals surface area (Å²) in [6.07, 6.45) is 0.988. The van der Waals surface area contributed by atoms with Crippen LogP contribution in [-0.2, 0) is 19.6 Å². The van der Waals surface area contributed by atoms with Gasteiger partial charge >= 0.3 is 0 Å². The number of rotatable bonds is 1. The Morgan fingerprint density at radius 3 is 3.06 bits per heavy atom. The smallest absolute Gasteiger partial charge is 0.153 e. The van der Waals surface area contributed by atoms with Gasteiger partial charge in [0.15, 0.2) is 5.58 Å². The molecule has 90 valence electrons. The summed E-state index contributed by atoms with van der Waals surface area (Å²) >= 11 is 6.15. The van der Waals surface area contributed by atoms with Crippen molar-refractivity contribution in [2.45, 2.75) is 19.6 Å². The van der Waals surface area contributed by atoms with Gasteiger partial charge in [-0.3, -0.25) is 0 Å². The third-order valence-electron chi connectivity index (χ3n) is 3.39. The SMILES string of the molecule is CN1CCc2ccc(Cl)c3oc(CO)c(c23)C1. The van der Waals surface area contributed by atoms with Gasteiger partial charge in [-0.2, -0.15) is 0 Å². The first-order valence-electron chi connectivity index (χ1n) is 5.71. The van der Waals surface area contributed by atoms with E-state index in [1.54, 1.807) is 0 Å². The number of aliphatic hydroxyl groups is 1. The van der Waals surface area contributed by atoms with Crippen molar-refractivity contribution in [2.24, 2.45) is 0 Å². The fourth-order valence-electron chi connectivity index (χ4n) is 2.52. The molecule has 0 spiro atoms. The molecule has 17 heavy (non-hydrogen) atoms. The minimum atomic E-state index is -0.0758. The third kappa shape index (κ3) is 1.66. The van der Waals surface area contributed by atoms with Gasteiger partial charge in [0.05, 0.1) is 5.02 Å². The zero-order chi connectivity index (χ0) is 12.0. The molecule has 2 aromatic rings. The summed E-state index contributed by atoms with van der Waals surface area (Å²) in [7, 11) is 2.08. The van der Waals surface area contributed by atoms with Gasteiger partial charge in [0.1, 0.15) is 12.4 Å². The first kappa shape index (κ1) is 11.1. The van der Waals surface area contributed by atoms with Gasteiger partial charge in [-0.05, 0) is 25.1 Å². The third-order valence-corrected chi connectivity index (χ3v) is 3.69. The molecule has 0 atom stereocenters. The number of benzene rings is 1. The van der Waals surface area contributed by atoms with E-state index >= 15 is 0 Å². The molecule has 0 radical (unpaired) electrons. The van der Waals surface area contributed by atoms with Crippen molar-refractivity contribution in [2.75, 3.05) is 13.6 Å². The summed E-state index contributed by atoms with van der Waals surface area (Å²) in [6, 6.07) is 3.93. The van der Waals surface area contributed by atoms with Crippen molar-refractivity contribution < 1.29 is 9.52 Å². The van der Waals surface area contributed by atoms with Gasteiger partial charge in [-0.15, -0.1) is 0 Å². The van der Waals surface area contributed by atoms with Crippen molar-refractivity contribution in [3.05, 3.63) is 34.0 Å². The van der Waals surface area contributed by atoms with Crippen LogP contribution in [0.2, 0.25) is 5.02 Å². The summed E-state index contributed by atoms with van der Waals surface area (Å²) < 4.78 is 5.69. The fraction of sp³-hybridized carbons (Fsp3) is 0.385. The number of likely N-dealkylation sites (N-methyl/N-ethyl adjacent to an activating group) is 1. The van der Waals surface area contributed by atoms with Gasteiger partial charge < -0.3 is 14.4 Å². The number of hydrogen-bond donors (Lipinski definition) is 1. The first-order chi connectivity index (χ1) is 8.20. The molecule has 1 aliphatic rings. The number of nitrogens with zero attached hydrogens (tertiary/aromatic N) is 1. The van der Waals surface area contributed by atoms with Crippen molar-refractivity contribution in [1.29, 1.82) is 0 Å².